The number of nitriles is 1. The van der Waals surface area contributed by atoms with Gasteiger partial charge in [-0.25, -0.2) is 0 Å². The zero-order valence-corrected chi connectivity index (χ0v) is 9.60. The summed E-state index contributed by atoms with van der Waals surface area (Å²) in [5.41, 5.74) is 1.51. The van der Waals surface area contributed by atoms with Crippen molar-refractivity contribution in [3.8, 4) is 11.8 Å². The number of rotatable bonds is 4. The standard InChI is InChI=1S/C12H14N2O2/c1-9(14-16-3)12(8-13)10-4-6-11(15-2)7-5-10/h4-7,12H,1-3H3. The molecule has 1 aromatic carbocycles. The van der Waals surface area contributed by atoms with Crippen molar-refractivity contribution in [2.45, 2.75) is 12.8 Å². The SMILES string of the molecule is CON=C(C)C(C#N)c1ccc(OC)cc1. The maximum absolute atomic E-state index is 9.09. The van der Waals surface area contributed by atoms with E-state index in [4.69, 9.17) is 10.00 Å². The van der Waals surface area contributed by atoms with E-state index in [-0.39, 0.29) is 5.92 Å². The van der Waals surface area contributed by atoms with Gasteiger partial charge in [-0.2, -0.15) is 5.26 Å². The van der Waals surface area contributed by atoms with Crippen molar-refractivity contribution in [3.05, 3.63) is 29.8 Å². The molecule has 0 bridgehead atoms. The van der Waals surface area contributed by atoms with E-state index >= 15 is 0 Å². The average Bonchev–Trinajstić information content (AvgIpc) is 2.31. The minimum absolute atomic E-state index is 0.383. The molecule has 1 unspecified atom stereocenters. The minimum atomic E-state index is -0.383. The Kier molecular flexibility index (Phi) is 4.34. The molecule has 1 atom stereocenters. The Balaban J connectivity index is 2.96. The highest BCUT2D eigenvalue weighted by atomic mass is 16.6. The Hall–Kier alpha value is -2.02. The second kappa shape index (κ2) is 5.76. The van der Waals surface area contributed by atoms with E-state index < -0.39 is 0 Å². The third-order valence-electron chi connectivity index (χ3n) is 2.23. The summed E-state index contributed by atoms with van der Waals surface area (Å²) in [4.78, 5) is 4.66. The molecular formula is C12H14N2O2. The van der Waals surface area contributed by atoms with Crippen LogP contribution < -0.4 is 4.74 Å². The van der Waals surface area contributed by atoms with Crippen LogP contribution in [-0.2, 0) is 4.84 Å². The Morgan fingerprint density at radius 3 is 2.38 bits per heavy atom. The highest BCUT2D eigenvalue weighted by molar-refractivity contribution is 5.90. The molecule has 0 aromatic heterocycles. The lowest BCUT2D eigenvalue weighted by Crippen LogP contribution is -2.07. The number of benzene rings is 1. The summed E-state index contributed by atoms with van der Waals surface area (Å²) in [7, 11) is 3.07. The number of ether oxygens (including phenoxy) is 1. The van der Waals surface area contributed by atoms with Crippen LogP contribution in [0.4, 0.5) is 0 Å². The first-order valence-electron chi connectivity index (χ1n) is 4.84. The maximum Gasteiger partial charge on any atom is 0.118 e. The molecule has 0 heterocycles. The lowest BCUT2D eigenvalue weighted by molar-refractivity contribution is 0.212. The fourth-order valence-corrected chi connectivity index (χ4v) is 1.40. The van der Waals surface area contributed by atoms with Gasteiger partial charge in [-0.05, 0) is 24.6 Å². The summed E-state index contributed by atoms with van der Waals surface area (Å²) in [6, 6.07) is 9.52. The van der Waals surface area contributed by atoms with Gasteiger partial charge in [-0.3, -0.25) is 0 Å². The zero-order valence-electron chi connectivity index (χ0n) is 9.60. The minimum Gasteiger partial charge on any atom is -0.497 e. The molecule has 0 saturated heterocycles. The molecule has 1 rings (SSSR count). The van der Waals surface area contributed by atoms with Gasteiger partial charge in [-0.1, -0.05) is 17.3 Å². The smallest absolute Gasteiger partial charge is 0.118 e. The maximum atomic E-state index is 9.09. The molecule has 0 aliphatic carbocycles. The zero-order chi connectivity index (χ0) is 12.0. The second-order valence-electron chi connectivity index (χ2n) is 3.25. The van der Waals surface area contributed by atoms with Gasteiger partial charge < -0.3 is 9.57 Å². The molecule has 0 fully saturated rings. The molecule has 0 radical (unpaired) electrons. The van der Waals surface area contributed by atoms with Gasteiger partial charge in [0.15, 0.2) is 0 Å². The van der Waals surface area contributed by atoms with Crippen molar-refractivity contribution in [2.75, 3.05) is 14.2 Å². The molecule has 0 aliphatic heterocycles. The van der Waals surface area contributed by atoms with E-state index in [0.717, 1.165) is 11.3 Å². The number of methoxy groups -OCH3 is 1. The highest BCUT2D eigenvalue weighted by Gasteiger charge is 2.14. The van der Waals surface area contributed by atoms with Gasteiger partial charge in [0, 0.05) is 0 Å². The molecular weight excluding hydrogens is 204 g/mol. The van der Waals surface area contributed by atoms with Crippen LogP contribution in [0.15, 0.2) is 29.4 Å². The van der Waals surface area contributed by atoms with Crippen LogP contribution in [0.3, 0.4) is 0 Å². The Labute approximate surface area is 95.1 Å². The normalized spacial score (nSPS) is 12.8. The molecule has 84 valence electrons. The van der Waals surface area contributed by atoms with Crippen LogP contribution in [0, 0.1) is 11.3 Å². The monoisotopic (exact) mass is 218 g/mol. The van der Waals surface area contributed by atoms with Crippen LogP contribution in [0.5, 0.6) is 5.75 Å². The molecule has 16 heavy (non-hydrogen) atoms. The summed E-state index contributed by atoms with van der Waals surface area (Å²) < 4.78 is 5.05. The van der Waals surface area contributed by atoms with Gasteiger partial charge in [0.1, 0.15) is 18.8 Å². The summed E-state index contributed by atoms with van der Waals surface area (Å²) in [6.45, 7) is 1.77. The number of oxime groups is 1. The van der Waals surface area contributed by atoms with Crippen LogP contribution in [0.25, 0.3) is 0 Å². The van der Waals surface area contributed by atoms with E-state index in [2.05, 4.69) is 16.1 Å². The molecule has 0 spiro atoms. The first-order valence-corrected chi connectivity index (χ1v) is 4.84. The Bertz CT molecular complexity index is 404. The molecule has 0 aliphatic rings. The molecule has 4 heteroatoms. The van der Waals surface area contributed by atoms with Crippen molar-refractivity contribution in [1.29, 1.82) is 5.26 Å². The van der Waals surface area contributed by atoms with Crippen LogP contribution in [0.1, 0.15) is 18.4 Å². The van der Waals surface area contributed by atoms with E-state index in [0.29, 0.717) is 5.71 Å². The van der Waals surface area contributed by atoms with Gasteiger partial charge in [0.2, 0.25) is 0 Å². The van der Waals surface area contributed by atoms with E-state index in [9.17, 15) is 0 Å². The molecule has 4 nitrogen and oxygen atoms in total. The topological polar surface area (TPSA) is 54.6 Å². The van der Waals surface area contributed by atoms with Crippen molar-refractivity contribution < 1.29 is 9.57 Å². The van der Waals surface area contributed by atoms with Crippen molar-refractivity contribution >= 4 is 5.71 Å². The number of nitrogens with zero attached hydrogens (tertiary/aromatic N) is 2. The van der Waals surface area contributed by atoms with Crippen LogP contribution in [0.2, 0.25) is 0 Å². The highest BCUT2D eigenvalue weighted by Crippen LogP contribution is 2.20. The molecule has 0 saturated carbocycles. The molecule has 0 amide bonds. The van der Waals surface area contributed by atoms with Crippen molar-refractivity contribution in [3.63, 3.8) is 0 Å². The van der Waals surface area contributed by atoms with Crippen molar-refractivity contribution in [2.24, 2.45) is 5.16 Å². The van der Waals surface area contributed by atoms with Crippen LogP contribution in [-0.4, -0.2) is 19.9 Å². The first-order chi connectivity index (χ1) is 7.72. The third kappa shape index (κ3) is 2.74. The Morgan fingerprint density at radius 1 is 1.31 bits per heavy atom. The predicted molar refractivity (Wildman–Crippen MR) is 61.5 cm³/mol. The Morgan fingerprint density at radius 2 is 1.94 bits per heavy atom. The molecule has 0 N–H and O–H groups in total. The first kappa shape index (κ1) is 12.1. The molecule has 1 aromatic rings. The quantitative estimate of drug-likeness (QED) is 0.575. The fourth-order valence-electron chi connectivity index (χ4n) is 1.40. The van der Waals surface area contributed by atoms with Gasteiger partial charge in [0.05, 0.1) is 18.9 Å². The lowest BCUT2D eigenvalue weighted by Gasteiger charge is -2.09. The fraction of sp³-hybridized carbons (Fsp3) is 0.333. The second-order valence-corrected chi connectivity index (χ2v) is 3.25. The van der Waals surface area contributed by atoms with E-state index in [1.807, 2.05) is 24.3 Å². The summed E-state index contributed by atoms with van der Waals surface area (Å²) >= 11 is 0. The predicted octanol–water partition coefficient (Wildman–Crippen LogP) is 2.32. The van der Waals surface area contributed by atoms with Crippen LogP contribution >= 0.6 is 0 Å². The largest absolute Gasteiger partial charge is 0.497 e. The summed E-state index contributed by atoms with van der Waals surface area (Å²) in [5.74, 6) is 0.382. The van der Waals surface area contributed by atoms with Crippen molar-refractivity contribution in [1.82, 2.24) is 0 Å². The summed E-state index contributed by atoms with van der Waals surface area (Å²) in [6.07, 6.45) is 0. The number of hydrogen-bond donors (Lipinski definition) is 0. The van der Waals surface area contributed by atoms with Gasteiger partial charge in [-0.15, -0.1) is 0 Å². The van der Waals surface area contributed by atoms with E-state index in [1.54, 1.807) is 14.0 Å². The third-order valence-corrected chi connectivity index (χ3v) is 2.23. The lowest BCUT2D eigenvalue weighted by atomic mass is 9.96. The van der Waals surface area contributed by atoms with E-state index in [1.165, 1.54) is 7.11 Å². The average molecular weight is 218 g/mol. The summed E-state index contributed by atoms with van der Waals surface area (Å²) in [5, 5.41) is 12.9. The van der Waals surface area contributed by atoms with Gasteiger partial charge in [0.25, 0.3) is 0 Å². The number of hydrogen-bond acceptors (Lipinski definition) is 4. The van der Waals surface area contributed by atoms with Gasteiger partial charge >= 0.3 is 0 Å².